The van der Waals surface area contributed by atoms with E-state index in [1.807, 2.05) is 0 Å². The molecular weight excluding hydrogens is 194 g/mol. The molecule has 1 atom stereocenters. The van der Waals surface area contributed by atoms with Crippen LogP contribution < -0.4 is 0 Å². The number of aliphatic hydroxyl groups is 1. The number of hydrogen-bond donors (Lipinski definition) is 2. The zero-order valence-corrected chi connectivity index (χ0v) is 9.68. The van der Waals surface area contributed by atoms with Gasteiger partial charge in [0.1, 0.15) is 0 Å². The first-order valence-corrected chi connectivity index (χ1v) is 6.39. The molecule has 1 aliphatic heterocycles. The fourth-order valence-electron chi connectivity index (χ4n) is 2.92. The standard InChI is InChI=1S/C11H21NOS/c13-10-3-6-12(7-10)8-11(9-14)4-1-2-5-11/h10,13-14H,1-9H2. The number of rotatable bonds is 3. The molecule has 0 radical (unpaired) electrons. The molecule has 1 heterocycles. The summed E-state index contributed by atoms with van der Waals surface area (Å²) in [6.07, 6.45) is 6.30. The number of nitrogens with zero attached hydrogens (tertiary/aromatic N) is 1. The highest BCUT2D eigenvalue weighted by Gasteiger charge is 2.35. The molecule has 0 bridgehead atoms. The third-order valence-electron chi connectivity index (χ3n) is 3.81. The maximum atomic E-state index is 9.47. The van der Waals surface area contributed by atoms with E-state index in [2.05, 4.69) is 17.5 Å². The average molecular weight is 215 g/mol. The first-order valence-electron chi connectivity index (χ1n) is 5.75. The Labute approximate surface area is 92.1 Å². The second-order valence-electron chi connectivity index (χ2n) is 5.04. The largest absolute Gasteiger partial charge is 0.392 e. The van der Waals surface area contributed by atoms with Crippen LogP contribution in [-0.4, -0.2) is 41.5 Å². The van der Waals surface area contributed by atoms with Gasteiger partial charge in [-0.25, -0.2) is 0 Å². The zero-order valence-electron chi connectivity index (χ0n) is 8.78. The van der Waals surface area contributed by atoms with Crippen LogP contribution in [0, 0.1) is 5.41 Å². The van der Waals surface area contributed by atoms with E-state index in [0.717, 1.165) is 31.8 Å². The summed E-state index contributed by atoms with van der Waals surface area (Å²) in [7, 11) is 0. The van der Waals surface area contributed by atoms with Crippen molar-refractivity contribution in [3.8, 4) is 0 Å². The summed E-state index contributed by atoms with van der Waals surface area (Å²) in [5, 5.41) is 9.47. The molecule has 0 aromatic rings. The van der Waals surface area contributed by atoms with E-state index < -0.39 is 0 Å². The minimum absolute atomic E-state index is 0.0756. The Balaban J connectivity index is 1.88. The van der Waals surface area contributed by atoms with E-state index in [1.165, 1.54) is 25.7 Å². The van der Waals surface area contributed by atoms with Crippen LogP contribution in [0.25, 0.3) is 0 Å². The lowest BCUT2D eigenvalue weighted by atomic mass is 9.88. The quantitative estimate of drug-likeness (QED) is 0.698. The molecule has 2 aliphatic rings. The SMILES string of the molecule is OC1CCN(CC2(CS)CCCC2)C1. The molecule has 82 valence electrons. The summed E-state index contributed by atoms with van der Waals surface area (Å²) in [6.45, 7) is 3.12. The Bertz CT molecular complexity index is 192. The van der Waals surface area contributed by atoms with Crippen molar-refractivity contribution in [1.29, 1.82) is 0 Å². The van der Waals surface area contributed by atoms with Gasteiger partial charge in [0.15, 0.2) is 0 Å². The van der Waals surface area contributed by atoms with Gasteiger partial charge in [-0.15, -0.1) is 0 Å². The molecule has 2 nitrogen and oxygen atoms in total. The van der Waals surface area contributed by atoms with Crippen LogP contribution in [0.15, 0.2) is 0 Å². The van der Waals surface area contributed by atoms with E-state index >= 15 is 0 Å². The van der Waals surface area contributed by atoms with Crippen molar-refractivity contribution >= 4 is 12.6 Å². The third kappa shape index (κ3) is 2.26. The highest BCUT2D eigenvalue weighted by Crippen LogP contribution is 2.40. The lowest BCUT2D eigenvalue weighted by Crippen LogP contribution is -2.36. The van der Waals surface area contributed by atoms with Crippen molar-refractivity contribution in [1.82, 2.24) is 4.90 Å². The Morgan fingerprint density at radius 1 is 1.36 bits per heavy atom. The number of hydrogen-bond acceptors (Lipinski definition) is 3. The van der Waals surface area contributed by atoms with Crippen LogP contribution in [0.5, 0.6) is 0 Å². The van der Waals surface area contributed by atoms with Gasteiger partial charge in [-0.1, -0.05) is 12.8 Å². The third-order valence-corrected chi connectivity index (χ3v) is 4.48. The van der Waals surface area contributed by atoms with Crippen molar-refractivity contribution in [2.75, 3.05) is 25.4 Å². The van der Waals surface area contributed by atoms with Gasteiger partial charge in [-0.3, -0.25) is 0 Å². The monoisotopic (exact) mass is 215 g/mol. The van der Waals surface area contributed by atoms with Gasteiger partial charge in [0, 0.05) is 19.6 Å². The Morgan fingerprint density at radius 2 is 2.07 bits per heavy atom. The van der Waals surface area contributed by atoms with Crippen LogP contribution in [-0.2, 0) is 0 Å². The summed E-state index contributed by atoms with van der Waals surface area (Å²) in [5.41, 5.74) is 0.465. The summed E-state index contributed by atoms with van der Waals surface area (Å²) < 4.78 is 0. The van der Waals surface area contributed by atoms with Crippen molar-refractivity contribution in [2.45, 2.75) is 38.2 Å². The summed E-state index contributed by atoms with van der Waals surface area (Å²) in [5.74, 6) is 1.01. The number of likely N-dealkylation sites (tertiary alicyclic amines) is 1. The predicted octanol–water partition coefficient (Wildman–Crippen LogP) is 1.54. The van der Waals surface area contributed by atoms with Gasteiger partial charge in [0.05, 0.1) is 6.10 Å². The van der Waals surface area contributed by atoms with Crippen LogP contribution in [0.2, 0.25) is 0 Å². The maximum Gasteiger partial charge on any atom is 0.0679 e. The second-order valence-corrected chi connectivity index (χ2v) is 5.36. The van der Waals surface area contributed by atoms with Crippen molar-refractivity contribution < 1.29 is 5.11 Å². The Hall–Kier alpha value is 0.270. The van der Waals surface area contributed by atoms with Gasteiger partial charge in [-0.05, 0) is 30.4 Å². The molecule has 14 heavy (non-hydrogen) atoms. The molecule has 1 aliphatic carbocycles. The normalized spacial score (nSPS) is 32.6. The molecule has 2 fully saturated rings. The molecule has 0 amide bonds. The van der Waals surface area contributed by atoms with Crippen LogP contribution in [0.4, 0.5) is 0 Å². The summed E-state index contributed by atoms with van der Waals surface area (Å²) in [4.78, 5) is 2.42. The van der Waals surface area contributed by atoms with Gasteiger partial charge in [0.2, 0.25) is 0 Å². The summed E-state index contributed by atoms with van der Waals surface area (Å²) in [6, 6.07) is 0. The van der Waals surface area contributed by atoms with Crippen molar-refractivity contribution in [2.24, 2.45) is 5.41 Å². The lowest BCUT2D eigenvalue weighted by molar-refractivity contribution is 0.152. The molecule has 1 unspecified atom stereocenters. The van der Waals surface area contributed by atoms with Crippen molar-refractivity contribution in [3.05, 3.63) is 0 Å². The van der Waals surface area contributed by atoms with Crippen LogP contribution in [0.1, 0.15) is 32.1 Å². The number of aliphatic hydroxyl groups excluding tert-OH is 1. The molecule has 3 heteroatoms. The Morgan fingerprint density at radius 3 is 2.57 bits per heavy atom. The molecule has 1 saturated carbocycles. The highest BCUT2D eigenvalue weighted by atomic mass is 32.1. The van der Waals surface area contributed by atoms with E-state index in [9.17, 15) is 5.11 Å². The predicted molar refractivity (Wildman–Crippen MR) is 61.8 cm³/mol. The zero-order chi connectivity index (χ0) is 10.0. The van der Waals surface area contributed by atoms with Gasteiger partial charge < -0.3 is 10.0 Å². The molecule has 0 aromatic heterocycles. The maximum absolute atomic E-state index is 9.47. The second kappa shape index (κ2) is 4.42. The molecule has 0 spiro atoms. The molecule has 2 rings (SSSR count). The molecular formula is C11H21NOS. The topological polar surface area (TPSA) is 23.5 Å². The molecule has 1 saturated heterocycles. The van der Waals surface area contributed by atoms with E-state index in [-0.39, 0.29) is 6.10 Å². The van der Waals surface area contributed by atoms with Gasteiger partial charge in [0.25, 0.3) is 0 Å². The highest BCUT2D eigenvalue weighted by molar-refractivity contribution is 7.80. The molecule has 1 N–H and O–H groups in total. The van der Waals surface area contributed by atoms with E-state index in [0.29, 0.717) is 5.41 Å². The number of β-amino-alcohol motifs (C(OH)–C–C–N with tert-alkyl or cyclic N) is 1. The average Bonchev–Trinajstić information content (AvgIpc) is 2.77. The van der Waals surface area contributed by atoms with Gasteiger partial charge in [-0.2, -0.15) is 12.6 Å². The fraction of sp³-hybridized carbons (Fsp3) is 1.00. The summed E-state index contributed by atoms with van der Waals surface area (Å²) >= 11 is 4.51. The van der Waals surface area contributed by atoms with Crippen LogP contribution in [0.3, 0.4) is 0 Å². The van der Waals surface area contributed by atoms with Crippen LogP contribution >= 0.6 is 12.6 Å². The smallest absolute Gasteiger partial charge is 0.0679 e. The van der Waals surface area contributed by atoms with Gasteiger partial charge >= 0.3 is 0 Å². The van der Waals surface area contributed by atoms with E-state index in [4.69, 9.17) is 0 Å². The lowest BCUT2D eigenvalue weighted by Gasteiger charge is -2.32. The Kier molecular flexibility index (Phi) is 3.40. The first-order chi connectivity index (χ1) is 6.74. The van der Waals surface area contributed by atoms with Crippen molar-refractivity contribution in [3.63, 3.8) is 0 Å². The minimum Gasteiger partial charge on any atom is -0.392 e. The molecule has 0 aromatic carbocycles. The van der Waals surface area contributed by atoms with E-state index in [1.54, 1.807) is 0 Å². The minimum atomic E-state index is -0.0756. The first kappa shape index (κ1) is 10.8. The number of thiol groups is 1. The fourth-order valence-corrected chi connectivity index (χ4v) is 3.34.